The van der Waals surface area contributed by atoms with E-state index in [1.54, 1.807) is 24.3 Å². The fraction of sp³-hybridized carbons (Fsp3) is 0.263. The fourth-order valence-electron chi connectivity index (χ4n) is 3.17. The molecule has 5 heteroatoms. The predicted octanol–water partition coefficient (Wildman–Crippen LogP) is 3.26. The number of benzene rings is 2. The fourth-order valence-corrected chi connectivity index (χ4v) is 3.17. The highest BCUT2D eigenvalue weighted by Gasteiger charge is 2.40. The van der Waals surface area contributed by atoms with Crippen molar-refractivity contribution in [2.24, 2.45) is 0 Å². The maximum atomic E-state index is 13.5. The summed E-state index contributed by atoms with van der Waals surface area (Å²) in [6.07, 6.45) is 2.45. The molecule has 0 heterocycles. The molecular formula is C19H18FNO3. The van der Waals surface area contributed by atoms with E-state index < -0.39 is 11.5 Å². The standard InChI is InChI=1S/C19H18FNO3/c20-15-7-3-6-14(12-15)19(9-4-10-19)21-17(22)11-13-5-1-2-8-16(13)18(23)24/h1-3,5-8,12H,4,9-11H2,(H,21,22)(H,23,24). The zero-order chi connectivity index (χ0) is 17.2. The first-order chi connectivity index (χ1) is 11.5. The highest BCUT2D eigenvalue weighted by Crippen LogP contribution is 2.41. The van der Waals surface area contributed by atoms with Crippen molar-refractivity contribution in [3.63, 3.8) is 0 Å². The molecule has 0 atom stereocenters. The summed E-state index contributed by atoms with van der Waals surface area (Å²) in [6, 6.07) is 12.7. The van der Waals surface area contributed by atoms with E-state index >= 15 is 0 Å². The summed E-state index contributed by atoms with van der Waals surface area (Å²) >= 11 is 0. The minimum atomic E-state index is -1.05. The second kappa shape index (κ2) is 6.43. The minimum Gasteiger partial charge on any atom is -0.478 e. The molecule has 1 aliphatic rings. The summed E-state index contributed by atoms with van der Waals surface area (Å²) in [6.45, 7) is 0. The molecular weight excluding hydrogens is 309 g/mol. The van der Waals surface area contributed by atoms with Crippen LogP contribution in [-0.4, -0.2) is 17.0 Å². The van der Waals surface area contributed by atoms with E-state index in [1.807, 2.05) is 6.07 Å². The van der Waals surface area contributed by atoms with Crippen molar-refractivity contribution in [2.45, 2.75) is 31.2 Å². The normalized spacial score (nSPS) is 15.4. The Bertz CT molecular complexity index is 784. The van der Waals surface area contributed by atoms with Crippen LogP contribution >= 0.6 is 0 Å². The van der Waals surface area contributed by atoms with Crippen LogP contribution in [-0.2, 0) is 16.8 Å². The van der Waals surface area contributed by atoms with Gasteiger partial charge in [-0.15, -0.1) is 0 Å². The summed E-state index contributed by atoms with van der Waals surface area (Å²) < 4.78 is 13.5. The van der Waals surface area contributed by atoms with E-state index in [1.165, 1.54) is 18.2 Å². The van der Waals surface area contributed by atoms with Gasteiger partial charge >= 0.3 is 5.97 Å². The van der Waals surface area contributed by atoms with E-state index in [-0.39, 0.29) is 23.7 Å². The Balaban J connectivity index is 1.78. The number of nitrogens with one attached hydrogen (secondary N) is 1. The summed E-state index contributed by atoms with van der Waals surface area (Å²) in [5, 5.41) is 12.2. The number of hydrogen-bond donors (Lipinski definition) is 2. The Morgan fingerprint density at radius 1 is 1.12 bits per heavy atom. The van der Waals surface area contributed by atoms with Crippen LogP contribution in [0.15, 0.2) is 48.5 Å². The molecule has 2 aromatic carbocycles. The van der Waals surface area contributed by atoms with Gasteiger partial charge in [-0.25, -0.2) is 9.18 Å². The Morgan fingerprint density at radius 3 is 2.50 bits per heavy atom. The SMILES string of the molecule is O=C(Cc1ccccc1C(=O)O)NC1(c2cccc(F)c2)CCC1. The van der Waals surface area contributed by atoms with Crippen LogP contribution in [0, 0.1) is 5.82 Å². The highest BCUT2D eigenvalue weighted by atomic mass is 19.1. The molecule has 0 saturated heterocycles. The highest BCUT2D eigenvalue weighted by molar-refractivity contribution is 5.91. The number of amides is 1. The number of carboxylic acids is 1. The van der Waals surface area contributed by atoms with Gasteiger partial charge in [0.2, 0.25) is 5.91 Å². The summed E-state index contributed by atoms with van der Waals surface area (Å²) in [4.78, 5) is 23.7. The molecule has 124 valence electrons. The van der Waals surface area contributed by atoms with Crippen molar-refractivity contribution in [1.29, 1.82) is 0 Å². The zero-order valence-electron chi connectivity index (χ0n) is 13.1. The molecule has 1 aliphatic carbocycles. The van der Waals surface area contributed by atoms with Gasteiger partial charge in [-0.2, -0.15) is 0 Å². The van der Waals surface area contributed by atoms with Crippen molar-refractivity contribution in [3.8, 4) is 0 Å². The number of carboxylic acid groups (broad SMARTS) is 1. The molecule has 0 spiro atoms. The molecule has 0 radical (unpaired) electrons. The number of aromatic carboxylic acids is 1. The Labute approximate surface area is 139 Å². The lowest BCUT2D eigenvalue weighted by atomic mass is 9.71. The molecule has 1 amide bonds. The Morgan fingerprint density at radius 2 is 1.88 bits per heavy atom. The second-order valence-electron chi connectivity index (χ2n) is 6.13. The van der Waals surface area contributed by atoms with Crippen LogP contribution < -0.4 is 5.32 Å². The van der Waals surface area contributed by atoms with Gasteiger partial charge in [-0.1, -0.05) is 30.3 Å². The predicted molar refractivity (Wildman–Crippen MR) is 87.2 cm³/mol. The van der Waals surface area contributed by atoms with Crippen LogP contribution in [0.25, 0.3) is 0 Å². The van der Waals surface area contributed by atoms with E-state index in [0.29, 0.717) is 5.56 Å². The summed E-state index contributed by atoms with van der Waals surface area (Å²) in [5.41, 5.74) is 0.808. The first-order valence-corrected chi connectivity index (χ1v) is 7.88. The first kappa shape index (κ1) is 16.2. The molecule has 1 saturated carbocycles. The molecule has 3 rings (SSSR count). The molecule has 0 bridgehead atoms. The average Bonchev–Trinajstić information content (AvgIpc) is 2.51. The van der Waals surface area contributed by atoms with Crippen LogP contribution in [0.2, 0.25) is 0 Å². The summed E-state index contributed by atoms with van der Waals surface area (Å²) in [7, 11) is 0. The van der Waals surface area contributed by atoms with E-state index in [9.17, 15) is 19.1 Å². The lowest BCUT2D eigenvalue weighted by Crippen LogP contribution is -2.51. The molecule has 2 aromatic rings. The number of carbonyl (C=O) groups is 2. The molecule has 0 unspecified atom stereocenters. The van der Waals surface area contributed by atoms with Gasteiger partial charge in [-0.05, 0) is 48.6 Å². The molecule has 0 aromatic heterocycles. The number of rotatable bonds is 5. The van der Waals surface area contributed by atoms with Crippen molar-refractivity contribution >= 4 is 11.9 Å². The van der Waals surface area contributed by atoms with Gasteiger partial charge in [0, 0.05) is 0 Å². The van der Waals surface area contributed by atoms with Crippen molar-refractivity contribution in [3.05, 3.63) is 71.0 Å². The minimum absolute atomic E-state index is 0.0143. The maximum Gasteiger partial charge on any atom is 0.335 e. The van der Waals surface area contributed by atoms with Gasteiger partial charge in [0.1, 0.15) is 5.82 Å². The van der Waals surface area contributed by atoms with Gasteiger partial charge in [0.05, 0.1) is 17.5 Å². The smallest absolute Gasteiger partial charge is 0.335 e. The van der Waals surface area contributed by atoms with Crippen molar-refractivity contribution < 1.29 is 19.1 Å². The first-order valence-electron chi connectivity index (χ1n) is 7.88. The monoisotopic (exact) mass is 327 g/mol. The quantitative estimate of drug-likeness (QED) is 0.886. The van der Waals surface area contributed by atoms with Crippen LogP contribution in [0.4, 0.5) is 4.39 Å². The van der Waals surface area contributed by atoms with Gasteiger partial charge in [0.25, 0.3) is 0 Å². The zero-order valence-corrected chi connectivity index (χ0v) is 13.1. The average molecular weight is 327 g/mol. The van der Waals surface area contributed by atoms with E-state index in [2.05, 4.69) is 5.32 Å². The topological polar surface area (TPSA) is 66.4 Å². The number of hydrogen-bond acceptors (Lipinski definition) is 2. The van der Waals surface area contributed by atoms with E-state index in [4.69, 9.17) is 0 Å². The largest absolute Gasteiger partial charge is 0.478 e. The van der Waals surface area contributed by atoms with Crippen molar-refractivity contribution in [2.75, 3.05) is 0 Å². The Kier molecular flexibility index (Phi) is 4.34. The Hall–Kier alpha value is -2.69. The third kappa shape index (κ3) is 3.15. The lowest BCUT2D eigenvalue weighted by Gasteiger charge is -2.43. The third-order valence-electron chi connectivity index (χ3n) is 4.56. The molecule has 0 aliphatic heterocycles. The number of carbonyl (C=O) groups excluding carboxylic acids is 1. The molecule has 2 N–H and O–H groups in total. The van der Waals surface area contributed by atoms with Crippen LogP contribution in [0.3, 0.4) is 0 Å². The number of halogens is 1. The maximum absolute atomic E-state index is 13.5. The van der Waals surface area contributed by atoms with Crippen LogP contribution in [0.5, 0.6) is 0 Å². The van der Waals surface area contributed by atoms with E-state index in [0.717, 1.165) is 24.8 Å². The van der Waals surface area contributed by atoms with Gasteiger partial charge in [0.15, 0.2) is 0 Å². The molecule has 4 nitrogen and oxygen atoms in total. The van der Waals surface area contributed by atoms with Crippen LogP contribution in [0.1, 0.15) is 40.7 Å². The third-order valence-corrected chi connectivity index (χ3v) is 4.56. The second-order valence-corrected chi connectivity index (χ2v) is 6.13. The molecule has 24 heavy (non-hydrogen) atoms. The van der Waals surface area contributed by atoms with Gasteiger partial charge < -0.3 is 10.4 Å². The lowest BCUT2D eigenvalue weighted by molar-refractivity contribution is -0.123. The van der Waals surface area contributed by atoms with Gasteiger partial charge in [-0.3, -0.25) is 4.79 Å². The summed E-state index contributed by atoms with van der Waals surface area (Å²) in [5.74, 6) is -1.64. The van der Waals surface area contributed by atoms with Crippen molar-refractivity contribution in [1.82, 2.24) is 5.32 Å². The molecule has 1 fully saturated rings.